The molecule has 0 radical (unpaired) electrons. The van der Waals surface area contributed by atoms with Gasteiger partial charge in [0.15, 0.2) is 0 Å². The Morgan fingerprint density at radius 2 is 2.05 bits per heavy atom. The highest BCUT2D eigenvalue weighted by atomic mass is 79.9. The number of sulfonamides is 1. The largest absolute Gasteiger partial charge is 0.397 e. The summed E-state index contributed by atoms with van der Waals surface area (Å²) in [5.41, 5.74) is 7.44. The van der Waals surface area contributed by atoms with E-state index in [0.717, 1.165) is 25.0 Å². The van der Waals surface area contributed by atoms with Crippen LogP contribution in [0, 0.1) is 6.92 Å². The summed E-state index contributed by atoms with van der Waals surface area (Å²) in [4.78, 5) is 0. The highest BCUT2D eigenvalue weighted by molar-refractivity contribution is 9.11. The summed E-state index contributed by atoms with van der Waals surface area (Å²) in [6.45, 7) is 1.48. The summed E-state index contributed by atoms with van der Waals surface area (Å²) in [7, 11) is -3.76. The van der Waals surface area contributed by atoms with Crippen molar-refractivity contribution in [1.29, 1.82) is 0 Å². The number of nitrogens with zero attached hydrogens (tertiary/aromatic N) is 1. The first-order chi connectivity index (χ1) is 9.87. The molecule has 0 unspecified atom stereocenters. The van der Waals surface area contributed by atoms with Crippen LogP contribution in [0.5, 0.6) is 0 Å². The monoisotopic (exact) mass is 390 g/mol. The van der Waals surface area contributed by atoms with E-state index in [9.17, 15) is 13.5 Å². The van der Waals surface area contributed by atoms with Crippen LogP contribution >= 0.6 is 27.3 Å². The van der Waals surface area contributed by atoms with Gasteiger partial charge in [-0.3, -0.25) is 4.31 Å². The van der Waals surface area contributed by atoms with Crippen LogP contribution in [0.4, 0.5) is 11.4 Å². The summed E-state index contributed by atoms with van der Waals surface area (Å²) < 4.78 is 27.7. The molecule has 0 fully saturated rings. The van der Waals surface area contributed by atoms with Crippen LogP contribution < -0.4 is 10.0 Å². The number of nitrogens with two attached hydrogens (primary N) is 1. The van der Waals surface area contributed by atoms with E-state index in [0.29, 0.717) is 11.4 Å². The van der Waals surface area contributed by atoms with Crippen LogP contribution in [0.15, 0.2) is 38.3 Å². The zero-order chi connectivity index (χ0) is 15.6. The van der Waals surface area contributed by atoms with Gasteiger partial charge in [-0.15, -0.1) is 11.3 Å². The number of para-hydroxylation sites is 2. The summed E-state index contributed by atoms with van der Waals surface area (Å²) in [6.07, 6.45) is 0. The summed E-state index contributed by atoms with van der Waals surface area (Å²) in [5, 5.41) is 9.21. The van der Waals surface area contributed by atoms with E-state index in [2.05, 4.69) is 15.9 Å². The van der Waals surface area contributed by atoms with Crippen molar-refractivity contribution in [3.8, 4) is 0 Å². The molecule has 0 amide bonds. The zero-order valence-electron chi connectivity index (χ0n) is 11.3. The quantitative estimate of drug-likeness (QED) is 0.768. The van der Waals surface area contributed by atoms with Crippen LogP contribution in [0.25, 0.3) is 0 Å². The minimum absolute atomic E-state index is 0.0505. The zero-order valence-corrected chi connectivity index (χ0v) is 14.5. The molecule has 1 aromatic carbocycles. The number of anilines is 2. The number of aliphatic hydroxyl groups excluding tert-OH is 1. The topological polar surface area (TPSA) is 83.6 Å². The highest BCUT2D eigenvalue weighted by Gasteiger charge is 2.28. The van der Waals surface area contributed by atoms with Crippen molar-refractivity contribution >= 4 is 48.7 Å². The van der Waals surface area contributed by atoms with E-state index in [1.165, 1.54) is 0 Å². The Balaban J connectivity index is 2.54. The van der Waals surface area contributed by atoms with Crippen LogP contribution in [-0.4, -0.2) is 26.7 Å². The lowest BCUT2D eigenvalue weighted by atomic mass is 10.3. The third-order valence-corrected chi connectivity index (χ3v) is 7.29. The molecular weight excluding hydrogens is 376 g/mol. The second kappa shape index (κ2) is 6.35. The normalized spacial score (nSPS) is 11.6. The first kappa shape index (κ1) is 16.3. The van der Waals surface area contributed by atoms with Crippen LogP contribution in [-0.2, 0) is 10.0 Å². The van der Waals surface area contributed by atoms with Crippen molar-refractivity contribution in [2.75, 3.05) is 23.2 Å². The third-order valence-electron chi connectivity index (χ3n) is 2.89. The van der Waals surface area contributed by atoms with Crippen molar-refractivity contribution in [3.05, 3.63) is 39.7 Å². The standard InChI is InChI=1S/C13H15BrN2O3S2/c1-9-8-12(20-13(9)14)21(18,19)16(6-7-17)11-5-3-2-4-10(11)15/h2-5,8,17H,6-7,15H2,1H3. The second-order valence-corrected chi connectivity index (χ2v) is 8.84. The average molecular weight is 391 g/mol. The Morgan fingerprint density at radius 3 is 2.57 bits per heavy atom. The van der Waals surface area contributed by atoms with Gasteiger partial charge in [0.1, 0.15) is 4.21 Å². The molecule has 2 rings (SSSR count). The predicted molar refractivity (Wildman–Crippen MR) is 89.2 cm³/mol. The summed E-state index contributed by atoms with van der Waals surface area (Å²) in [6, 6.07) is 8.30. The molecule has 114 valence electrons. The van der Waals surface area contributed by atoms with Gasteiger partial charge < -0.3 is 10.8 Å². The van der Waals surface area contributed by atoms with Crippen molar-refractivity contribution in [3.63, 3.8) is 0 Å². The fourth-order valence-corrected chi connectivity index (χ4v) is 5.67. The number of rotatable bonds is 5. The fourth-order valence-electron chi connectivity index (χ4n) is 1.84. The molecule has 5 nitrogen and oxygen atoms in total. The van der Waals surface area contributed by atoms with Gasteiger partial charge in [0, 0.05) is 0 Å². The molecule has 3 N–H and O–H groups in total. The van der Waals surface area contributed by atoms with Crippen LogP contribution in [0.1, 0.15) is 5.56 Å². The third kappa shape index (κ3) is 3.23. The van der Waals surface area contributed by atoms with E-state index >= 15 is 0 Å². The van der Waals surface area contributed by atoms with E-state index < -0.39 is 10.0 Å². The number of hydrogen-bond acceptors (Lipinski definition) is 5. The number of aryl methyl sites for hydroxylation is 1. The average Bonchev–Trinajstić information content (AvgIpc) is 2.78. The number of aliphatic hydroxyl groups is 1. The summed E-state index contributed by atoms with van der Waals surface area (Å²) >= 11 is 4.47. The minimum atomic E-state index is -3.76. The highest BCUT2D eigenvalue weighted by Crippen LogP contribution is 2.35. The Bertz CT molecular complexity index is 724. The van der Waals surface area contributed by atoms with Gasteiger partial charge in [-0.25, -0.2) is 8.42 Å². The Hall–Kier alpha value is -1.09. The molecule has 21 heavy (non-hydrogen) atoms. The van der Waals surface area contributed by atoms with Crippen LogP contribution in [0.2, 0.25) is 0 Å². The number of halogens is 1. The maximum atomic E-state index is 12.8. The Morgan fingerprint density at radius 1 is 1.38 bits per heavy atom. The van der Waals surface area contributed by atoms with Crippen molar-refractivity contribution < 1.29 is 13.5 Å². The van der Waals surface area contributed by atoms with Gasteiger partial charge in [0.05, 0.1) is 28.3 Å². The molecule has 1 heterocycles. The van der Waals surface area contributed by atoms with Gasteiger partial charge in [-0.2, -0.15) is 0 Å². The molecule has 0 aliphatic rings. The van der Waals surface area contributed by atoms with Crippen LogP contribution in [0.3, 0.4) is 0 Å². The molecular formula is C13H15BrN2O3S2. The lowest BCUT2D eigenvalue weighted by Gasteiger charge is -2.24. The maximum absolute atomic E-state index is 12.8. The SMILES string of the molecule is Cc1cc(S(=O)(=O)N(CCO)c2ccccc2N)sc1Br. The molecule has 0 aliphatic heterocycles. The molecule has 0 bridgehead atoms. The van der Waals surface area contributed by atoms with E-state index in [-0.39, 0.29) is 17.4 Å². The van der Waals surface area contributed by atoms with Gasteiger partial charge in [0.25, 0.3) is 10.0 Å². The second-order valence-electron chi connectivity index (χ2n) is 4.38. The molecule has 0 atom stereocenters. The van der Waals surface area contributed by atoms with Gasteiger partial charge in [-0.05, 0) is 46.6 Å². The molecule has 1 aromatic heterocycles. The first-order valence-electron chi connectivity index (χ1n) is 6.12. The first-order valence-corrected chi connectivity index (χ1v) is 9.17. The lowest BCUT2D eigenvalue weighted by molar-refractivity contribution is 0.307. The predicted octanol–water partition coefficient (Wildman–Crippen LogP) is 2.59. The molecule has 0 spiro atoms. The van der Waals surface area contributed by atoms with E-state index in [4.69, 9.17) is 5.73 Å². The molecule has 0 saturated carbocycles. The van der Waals surface area contributed by atoms with Crippen molar-refractivity contribution in [2.45, 2.75) is 11.1 Å². The minimum Gasteiger partial charge on any atom is -0.397 e. The molecule has 2 aromatic rings. The molecule has 8 heteroatoms. The lowest BCUT2D eigenvalue weighted by Crippen LogP contribution is -2.33. The molecule has 0 saturated heterocycles. The summed E-state index contributed by atoms with van der Waals surface area (Å²) in [5.74, 6) is 0. The fraction of sp³-hybridized carbons (Fsp3) is 0.231. The molecule has 0 aliphatic carbocycles. The van der Waals surface area contributed by atoms with E-state index in [1.54, 1.807) is 30.3 Å². The van der Waals surface area contributed by atoms with E-state index in [1.807, 2.05) is 6.92 Å². The van der Waals surface area contributed by atoms with Gasteiger partial charge >= 0.3 is 0 Å². The number of nitrogen functional groups attached to an aromatic ring is 1. The van der Waals surface area contributed by atoms with Gasteiger partial charge in [-0.1, -0.05) is 12.1 Å². The van der Waals surface area contributed by atoms with Gasteiger partial charge in [0.2, 0.25) is 0 Å². The van der Waals surface area contributed by atoms with Crippen molar-refractivity contribution in [1.82, 2.24) is 0 Å². The van der Waals surface area contributed by atoms with Crippen molar-refractivity contribution in [2.24, 2.45) is 0 Å². The smallest absolute Gasteiger partial charge is 0.274 e. The number of hydrogen-bond donors (Lipinski definition) is 2. The Labute approximate surface area is 136 Å². The number of benzene rings is 1. The maximum Gasteiger partial charge on any atom is 0.274 e. The number of thiophene rings is 1. The Kier molecular flexibility index (Phi) is 4.92.